The Morgan fingerprint density at radius 3 is 2.53 bits per heavy atom. The number of fused-ring (bicyclic) bond motifs is 2. The maximum Gasteiger partial charge on any atom is 0.335 e. The van der Waals surface area contributed by atoms with Gasteiger partial charge in [0.15, 0.2) is 0 Å². The highest BCUT2D eigenvalue weighted by atomic mass is 35.5. The van der Waals surface area contributed by atoms with E-state index in [1.807, 2.05) is 20.8 Å². The molecule has 0 radical (unpaired) electrons. The lowest BCUT2D eigenvalue weighted by Gasteiger charge is -2.37. The molecule has 5 rings (SSSR count). The van der Waals surface area contributed by atoms with Crippen LogP contribution in [0.1, 0.15) is 61.5 Å². The first-order valence-corrected chi connectivity index (χ1v) is 14.7. The molecule has 0 aliphatic carbocycles. The van der Waals surface area contributed by atoms with Gasteiger partial charge in [-0.2, -0.15) is 0 Å². The van der Waals surface area contributed by atoms with E-state index in [2.05, 4.69) is 16.0 Å². The first-order chi connectivity index (χ1) is 20.3. The van der Waals surface area contributed by atoms with E-state index in [1.165, 1.54) is 24.3 Å². The van der Waals surface area contributed by atoms with Crippen molar-refractivity contribution in [1.29, 1.82) is 0 Å². The summed E-state index contributed by atoms with van der Waals surface area (Å²) in [6.45, 7) is 8.04. The molecule has 0 saturated carbocycles. The summed E-state index contributed by atoms with van der Waals surface area (Å²) in [5.41, 5.74) is -0.268. The fraction of sp³-hybridized carbons (Fsp3) is 0.344. The molecule has 3 aromatic rings. The second kappa shape index (κ2) is 11.4. The highest BCUT2D eigenvalue weighted by Gasteiger charge is 2.66. The van der Waals surface area contributed by atoms with Crippen LogP contribution in [-0.4, -0.2) is 41.6 Å². The van der Waals surface area contributed by atoms with E-state index in [4.69, 9.17) is 27.9 Å². The molecule has 2 aliphatic rings. The molecule has 4 atom stereocenters. The Morgan fingerprint density at radius 2 is 1.86 bits per heavy atom. The van der Waals surface area contributed by atoms with E-state index < -0.39 is 41.1 Å². The van der Waals surface area contributed by atoms with Crippen LogP contribution < -0.4 is 20.7 Å². The quantitative estimate of drug-likeness (QED) is 0.234. The summed E-state index contributed by atoms with van der Waals surface area (Å²) in [5.74, 6) is -3.67. The van der Waals surface area contributed by atoms with Crippen LogP contribution in [0.5, 0.6) is 5.75 Å². The predicted molar refractivity (Wildman–Crippen MR) is 164 cm³/mol. The lowest BCUT2D eigenvalue weighted by atomic mass is 9.62. The Balaban J connectivity index is 1.70. The third-order valence-corrected chi connectivity index (χ3v) is 8.53. The van der Waals surface area contributed by atoms with Gasteiger partial charge in [0.1, 0.15) is 17.0 Å². The number of nitrogens with one attached hydrogen (secondary N) is 3. The number of amides is 2. The topological polar surface area (TPSA) is 117 Å². The fourth-order valence-corrected chi connectivity index (χ4v) is 6.75. The van der Waals surface area contributed by atoms with Crippen molar-refractivity contribution < 1.29 is 28.6 Å². The molecule has 0 aromatic heterocycles. The van der Waals surface area contributed by atoms with Crippen LogP contribution >= 0.6 is 23.2 Å². The summed E-state index contributed by atoms with van der Waals surface area (Å²) in [6.07, 6.45) is 0.461. The number of aromatic carboxylic acids is 1. The molecule has 1 fully saturated rings. The fourth-order valence-electron chi connectivity index (χ4n) is 6.40. The van der Waals surface area contributed by atoms with Crippen molar-refractivity contribution in [2.75, 3.05) is 17.2 Å². The molecule has 3 aromatic carbocycles. The first kappa shape index (κ1) is 30.8. The number of anilines is 2. The third-order valence-electron chi connectivity index (χ3n) is 8.01. The van der Waals surface area contributed by atoms with Gasteiger partial charge in [-0.3, -0.25) is 9.59 Å². The normalized spacial score (nSPS) is 22.8. The van der Waals surface area contributed by atoms with Crippen LogP contribution in [0.4, 0.5) is 15.8 Å². The number of carbonyl (C=O) groups excluding carboxylic acids is 2. The van der Waals surface area contributed by atoms with Gasteiger partial charge in [0.05, 0.1) is 28.9 Å². The lowest BCUT2D eigenvalue weighted by molar-refractivity contribution is -0.122. The smallest absolute Gasteiger partial charge is 0.335 e. The summed E-state index contributed by atoms with van der Waals surface area (Å²) in [5, 5.41) is 18.9. The highest BCUT2D eigenvalue weighted by molar-refractivity contribution is 6.31. The maximum atomic E-state index is 16.0. The van der Waals surface area contributed by atoms with Crippen molar-refractivity contribution in [3.8, 4) is 5.75 Å². The number of carbonyl (C=O) groups is 3. The van der Waals surface area contributed by atoms with E-state index in [0.29, 0.717) is 22.7 Å². The summed E-state index contributed by atoms with van der Waals surface area (Å²) >= 11 is 12.6. The zero-order valence-corrected chi connectivity index (χ0v) is 25.6. The molecule has 8 nitrogen and oxygen atoms in total. The van der Waals surface area contributed by atoms with Gasteiger partial charge in [0.25, 0.3) is 0 Å². The molecule has 1 saturated heterocycles. The predicted octanol–water partition coefficient (Wildman–Crippen LogP) is 6.62. The molecule has 2 aliphatic heterocycles. The Kier molecular flexibility index (Phi) is 8.19. The summed E-state index contributed by atoms with van der Waals surface area (Å²) < 4.78 is 21.6. The van der Waals surface area contributed by atoms with Gasteiger partial charge in [-0.25, -0.2) is 9.18 Å². The SMILES string of the molecule is CCOc1cc(C(=O)O)ccc1NC(=O)[C@@H]1N[C@@H](CC(C)(C)C)[C@@]2(C(=O)Nc3cc(Cl)ccc32)C1c1cccc(Cl)c1F. The van der Waals surface area contributed by atoms with Gasteiger partial charge < -0.3 is 25.8 Å². The van der Waals surface area contributed by atoms with Crippen LogP contribution in [0, 0.1) is 11.2 Å². The Morgan fingerprint density at radius 1 is 1.12 bits per heavy atom. The van der Waals surface area contributed by atoms with E-state index in [1.54, 1.807) is 37.3 Å². The number of halogens is 3. The van der Waals surface area contributed by atoms with Gasteiger partial charge in [-0.05, 0) is 66.3 Å². The lowest BCUT2D eigenvalue weighted by Crippen LogP contribution is -2.49. The van der Waals surface area contributed by atoms with Crippen molar-refractivity contribution >= 4 is 52.4 Å². The number of carboxylic acid groups (broad SMARTS) is 1. The first-order valence-electron chi connectivity index (χ1n) is 13.9. The average Bonchev–Trinajstić information content (AvgIpc) is 3.40. The monoisotopic (exact) mass is 627 g/mol. The molecule has 1 unspecified atom stereocenters. The molecule has 2 amide bonds. The number of benzene rings is 3. The molecule has 1 spiro atoms. The molecular formula is C32H32Cl2FN3O5. The number of carboxylic acids is 1. The minimum absolute atomic E-state index is 0.0126. The molecular weight excluding hydrogens is 596 g/mol. The second-order valence-corrected chi connectivity index (χ2v) is 12.9. The molecule has 43 heavy (non-hydrogen) atoms. The molecule has 4 N–H and O–H groups in total. The Bertz CT molecular complexity index is 1620. The van der Waals surface area contributed by atoms with Gasteiger partial charge in [0, 0.05) is 22.7 Å². The number of ether oxygens (including phenoxy) is 1. The van der Waals surface area contributed by atoms with Crippen LogP contribution in [0.25, 0.3) is 0 Å². The standard InChI is InChI=1S/C32H32Cl2FN3O5/c1-5-43-23-13-16(29(40)41)9-12-21(23)36-28(39)27-25(18-7-6-8-20(34)26(18)35)32(24(38-27)15-31(2,3)4)19-11-10-17(33)14-22(19)37-30(32)42/h6-14,24-25,27,38H,5,15H2,1-4H3,(H,36,39)(H,37,42)(H,40,41)/t24-,25?,27+,32+/m0/s1. The zero-order chi connectivity index (χ0) is 31.3. The average molecular weight is 629 g/mol. The zero-order valence-electron chi connectivity index (χ0n) is 24.1. The number of hydrogen-bond donors (Lipinski definition) is 4. The highest BCUT2D eigenvalue weighted by Crippen LogP contribution is 2.57. The maximum absolute atomic E-state index is 16.0. The molecule has 2 heterocycles. The van der Waals surface area contributed by atoms with Crippen molar-refractivity contribution in [2.24, 2.45) is 5.41 Å². The van der Waals surface area contributed by atoms with Crippen molar-refractivity contribution in [1.82, 2.24) is 5.32 Å². The molecule has 226 valence electrons. The Labute approximate surface area is 258 Å². The number of hydrogen-bond acceptors (Lipinski definition) is 5. The minimum atomic E-state index is -1.41. The van der Waals surface area contributed by atoms with Crippen LogP contribution in [0.2, 0.25) is 10.0 Å². The van der Waals surface area contributed by atoms with E-state index in [-0.39, 0.29) is 45.5 Å². The number of rotatable bonds is 7. The van der Waals surface area contributed by atoms with Gasteiger partial charge in [-0.1, -0.05) is 62.2 Å². The summed E-state index contributed by atoms with van der Waals surface area (Å²) in [6, 6.07) is 12.0. The van der Waals surface area contributed by atoms with E-state index in [9.17, 15) is 19.5 Å². The van der Waals surface area contributed by atoms with Crippen molar-refractivity contribution in [3.63, 3.8) is 0 Å². The van der Waals surface area contributed by atoms with E-state index >= 15 is 4.39 Å². The Hall–Kier alpha value is -3.66. The van der Waals surface area contributed by atoms with Crippen LogP contribution in [0.3, 0.4) is 0 Å². The summed E-state index contributed by atoms with van der Waals surface area (Å²) in [7, 11) is 0. The van der Waals surface area contributed by atoms with Gasteiger partial charge in [0.2, 0.25) is 11.8 Å². The van der Waals surface area contributed by atoms with Gasteiger partial charge in [-0.15, -0.1) is 0 Å². The second-order valence-electron chi connectivity index (χ2n) is 12.0. The van der Waals surface area contributed by atoms with Crippen molar-refractivity contribution in [3.05, 3.63) is 87.2 Å². The minimum Gasteiger partial charge on any atom is -0.492 e. The van der Waals surface area contributed by atoms with E-state index in [0.717, 1.165) is 0 Å². The molecule has 0 bridgehead atoms. The third kappa shape index (κ3) is 5.46. The van der Waals surface area contributed by atoms with Crippen LogP contribution in [0.15, 0.2) is 54.6 Å². The van der Waals surface area contributed by atoms with Crippen molar-refractivity contribution in [2.45, 2.75) is 57.5 Å². The van der Waals surface area contributed by atoms with Crippen LogP contribution in [-0.2, 0) is 15.0 Å². The summed E-state index contributed by atoms with van der Waals surface area (Å²) in [4.78, 5) is 40.1. The molecule has 11 heteroatoms. The van der Waals surface area contributed by atoms with Gasteiger partial charge >= 0.3 is 5.97 Å². The largest absolute Gasteiger partial charge is 0.492 e.